The van der Waals surface area contributed by atoms with Crippen molar-refractivity contribution in [2.45, 2.75) is 162 Å². The Morgan fingerprint density at radius 3 is 1.37 bits per heavy atom. The Morgan fingerprint density at radius 2 is 0.943 bits per heavy atom. The van der Waals surface area contributed by atoms with Gasteiger partial charge in [0, 0.05) is 19.5 Å². The highest BCUT2D eigenvalue weighted by molar-refractivity contribution is 5.69. The molecular formula is C31H63NO3. The summed E-state index contributed by atoms with van der Waals surface area (Å²) in [6.07, 6.45) is 29.6. The predicted molar refractivity (Wildman–Crippen MR) is 152 cm³/mol. The molecule has 0 radical (unpaired) electrons. The molecule has 0 spiro atoms. The monoisotopic (exact) mass is 497 g/mol. The zero-order valence-corrected chi connectivity index (χ0v) is 24.0. The number of esters is 1. The largest absolute Gasteiger partial charge is 0.464 e. The van der Waals surface area contributed by atoms with Crippen molar-refractivity contribution in [2.24, 2.45) is 0 Å². The molecule has 0 saturated heterocycles. The number of carbonyl (C=O) groups excluding carboxylic acids is 1. The van der Waals surface area contributed by atoms with Crippen molar-refractivity contribution in [2.75, 3.05) is 32.8 Å². The lowest BCUT2D eigenvalue weighted by Crippen LogP contribution is -2.32. The molecule has 35 heavy (non-hydrogen) atoms. The van der Waals surface area contributed by atoms with Crippen LogP contribution in [0.4, 0.5) is 0 Å². The van der Waals surface area contributed by atoms with Crippen molar-refractivity contribution in [3.63, 3.8) is 0 Å². The molecule has 4 nitrogen and oxygen atoms in total. The molecule has 1 N–H and O–H groups in total. The summed E-state index contributed by atoms with van der Waals surface area (Å²) in [6.45, 7) is 7.56. The zero-order chi connectivity index (χ0) is 25.7. The average Bonchev–Trinajstić information content (AvgIpc) is 2.85. The maximum absolute atomic E-state index is 12.0. The van der Waals surface area contributed by atoms with Crippen molar-refractivity contribution >= 4 is 5.97 Å². The number of ether oxygens (including phenoxy) is 1. The van der Waals surface area contributed by atoms with E-state index >= 15 is 0 Å². The minimum absolute atomic E-state index is 0.0575. The van der Waals surface area contributed by atoms with Gasteiger partial charge in [-0.3, -0.25) is 9.69 Å². The summed E-state index contributed by atoms with van der Waals surface area (Å²) in [7, 11) is 0. The Kier molecular flexibility index (Phi) is 29.1. The highest BCUT2D eigenvalue weighted by Gasteiger charge is 2.07. The summed E-state index contributed by atoms with van der Waals surface area (Å²) in [5, 5.41) is 9.35. The Labute approximate surface area is 220 Å². The third kappa shape index (κ3) is 27.8. The maximum atomic E-state index is 12.0. The van der Waals surface area contributed by atoms with Crippen molar-refractivity contribution in [3.05, 3.63) is 0 Å². The van der Waals surface area contributed by atoms with Crippen molar-refractivity contribution in [1.29, 1.82) is 0 Å². The van der Waals surface area contributed by atoms with E-state index in [1.54, 1.807) is 0 Å². The van der Waals surface area contributed by atoms with Gasteiger partial charge in [0.25, 0.3) is 0 Å². The number of aliphatic hydroxyl groups excluding tert-OH is 1. The summed E-state index contributed by atoms with van der Waals surface area (Å²) in [6, 6.07) is 0. The number of carbonyl (C=O) groups is 1. The highest BCUT2D eigenvalue weighted by Crippen LogP contribution is 2.13. The zero-order valence-electron chi connectivity index (χ0n) is 24.0. The molecule has 210 valence electrons. The predicted octanol–water partition coefficient (Wildman–Crippen LogP) is 8.84. The molecule has 0 aliphatic heterocycles. The lowest BCUT2D eigenvalue weighted by molar-refractivity contribution is -0.144. The van der Waals surface area contributed by atoms with Crippen LogP contribution in [0.3, 0.4) is 0 Å². The molecule has 0 aliphatic rings. The second-order valence-electron chi connectivity index (χ2n) is 10.6. The normalized spacial score (nSPS) is 11.4. The summed E-state index contributed by atoms with van der Waals surface area (Å²) in [4.78, 5) is 14.2. The van der Waals surface area contributed by atoms with E-state index in [0.717, 1.165) is 25.9 Å². The smallest absolute Gasteiger partial charge is 0.305 e. The van der Waals surface area contributed by atoms with E-state index in [-0.39, 0.29) is 12.6 Å². The number of hydrogen-bond donors (Lipinski definition) is 1. The average molecular weight is 498 g/mol. The fourth-order valence-corrected chi connectivity index (χ4v) is 4.77. The van der Waals surface area contributed by atoms with Crippen LogP contribution in [-0.4, -0.2) is 48.8 Å². The fraction of sp³-hybridized carbons (Fsp3) is 0.968. The van der Waals surface area contributed by atoms with E-state index in [0.29, 0.717) is 19.6 Å². The van der Waals surface area contributed by atoms with Crippen LogP contribution in [-0.2, 0) is 9.53 Å². The van der Waals surface area contributed by atoms with E-state index in [4.69, 9.17) is 4.74 Å². The second-order valence-corrected chi connectivity index (χ2v) is 10.6. The van der Waals surface area contributed by atoms with Crippen LogP contribution in [0.15, 0.2) is 0 Å². The van der Waals surface area contributed by atoms with E-state index in [2.05, 4.69) is 18.7 Å². The third-order valence-corrected chi connectivity index (χ3v) is 7.15. The topological polar surface area (TPSA) is 49.8 Å². The first-order valence-electron chi connectivity index (χ1n) is 15.7. The Hall–Kier alpha value is -0.610. The van der Waals surface area contributed by atoms with Crippen molar-refractivity contribution in [1.82, 2.24) is 4.90 Å². The molecule has 0 amide bonds. The van der Waals surface area contributed by atoms with Gasteiger partial charge in [-0.2, -0.15) is 0 Å². The second kappa shape index (κ2) is 29.6. The lowest BCUT2D eigenvalue weighted by Gasteiger charge is -2.21. The molecule has 0 aromatic rings. The van der Waals surface area contributed by atoms with E-state index in [1.807, 2.05) is 0 Å². The summed E-state index contributed by atoms with van der Waals surface area (Å²) in [5.74, 6) is -0.0575. The van der Waals surface area contributed by atoms with Gasteiger partial charge >= 0.3 is 5.97 Å². The van der Waals surface area contributed by atoms with Crippen molar-refractivity contribution in [3.8, 4) is 0 Å². The SMILES string of the molecule is CCCCCCCCCCCCCCCN(CCO)CCOC(=O)CCCCCCCCCCC. The number of nitrogens with zero attached hydrogens (tertiary/aromatic N) is 1. The van der Waals surface area contributed by atoms with Gasteiger partial charge in [0.15, 0.2) is 0 Å². The molecule has 0 aromatic heterocycles. The summed E-state index contributed by atoms with van der Waals surface area (Å²) in [5.41, 5.74) is 0. The molecular weight excluding hydrogens is 434 g/mol. The minimum atomic E-state index is -0.0575. The minimum Gasteiger partial charge on any atom is -0.464 e. The molecule has 4 heteroatoms. The van der Waals surface area contributed by atoms with Gasteiger partial charge in [-0.1, -0.05) is 142 Å². The number of rotatable bonds is 29. The highest BCUT2D eigenvalue weighted by atomic mass is 16.5. The number of aliphatic hydroxyl groups is 1. The molecule has 0 bridgehead atoms. The number of hydrogen-bond acceptors (Lipinski definition) is 4. The van der Waals surface area contributed by atoms with Crippen LogP contribution in [0.25, 0.3) is 0 Å². The van der Waals surface area contributed by atoms with Crippen molar-refractivity contribution < 1.29 is 14.6 Å². The molecule has 0 saturated carbocycles. The lowest BCUT2D eigenvalue weighted by atomic mass is 10.0. The van der Waals surface area contributed by atoms with Gasteiger partial charge in [-0.05, 0) is 19.4 Å². The molecule has 0 rings (SSSR count). The van der Waals surface area contributed by atoms with Crippen LogP contribution in [0.1, 0.15) is 162 Å². The van der Waals surface area contributed by atoms with Crippen LogP contribution in [0.2, 0.25) is 0 Å². The van der Waals surface area contributed by atoms with Gasteiger partial charge < -0.3 is 9.84 Å². The fourth-order valence-electron chi connectivity index (χ4n) is 4.77. The van der Waals surface area contributed by atoms with E-state index < -0.39 is 0 Å². The Balaban J connectivity index is 3.52. The molecule has 0 fully saturated rings. The van der Waals surface area contributed by atoms with Crippen LogP contribution >= 0.6 is 0 Å². The molecule has 0 aromatic carbocycles. The quantitative estimate of drug-likeness (QED) is 0.0828. The van der Waals surface area contributed by atoms with Gasteiger partial charge in [-0.25, -0.2) is 0 Å². The molecule has 0 atom stereocenters. The molecule has 0 heterocycles. The first-order valence-corrected chi connectivity index (χ1v) is 15.7. The van der Waals surface area contributed by atoms with Crippen LogP contribution in [0, 0.1) is 0 Å². The van der Waals surface area contributed by atoms with Gasteiger partial charge in [0.05, 0.1) is 6.61 Å². The maximum Gasteiger partial charge on any atom is 0.305 e. The van der Waals surface area contributed by atoms with E-state index in [1.165, 1.54) is 128 Å². The third-order valence-electron chi connectivity index (χ3n) is 7.15. The number of unbranched alkanes of at least 4 members (excludes halogenated alkanes) is 20. The van der Waals surface area contributed by atoms with Gasteiger partial charge in [0.1, 0.15) is 6.61 Å². The summed E-state index contributed by atoms with van der Waals surface area (Å²) < 4.78 is 5.45. The Bertz CT molecular complexity index is 416. The standard InChI is InChI=1S/C31H63NO3/c1-3-5-7-9-11-13-14-15-16-18-20-22-24-26-32(27-29-33)28-30-35-31(34)25-23-21-19-17-12-10-8-6-4-2/h33H,3-30H2,1-2H3. The van der Waals surface area contributed by atoms with Gasteiger partial charge in [-0.15, -0.1) is 0 Å². The van der Waals surface area contributed by atoms with Crippen LogP contribution < -0.4 is 0 Å². The molecule has 0 unspecified atom stereocenters. The molecule has 0 aliphatic carbocycles. The first-order chi connectivity index (χ1) is 17.2. The summed E-state index contributed by atoms with van der Waals surface area (Å²) >= 11 is 0. The van der Waals surface area contributed by atoms with Gasteiger partial charge in [0.2, 0.25) is 0 Å². The first kappa shape index (κ1) is 34.4. The van der Waals surface area contributed by atoms with Crippen LogP contribution in [0.5, 0.6) is 0 Å². The van der Waals surface area contributed by atoms with E-state index in [9.17, 15) is 9.90 Å². The Morgan fingerprint density at radius 1 is 0.543 bits per heavy atom.